The van der Waals surface area contributed by atoms with Crippen LogP contribution in [0.15, 0.2) is 35.5 Å². The number of hydrogen-bond donors (Lipinski definition) is 3. The smallest absolute Gasteiger partial charge is 0.0614 e. The summed E-state index contributed by atoms with van der Waals surface area (Å²) in [7, 11) is 0. The van der Waals surface area contributed by atoms with E-state index in [4.69, 9.17) is 0 Å². The highest BCUT2D eigenvalue weighted by Gasteiger charge is 2.50. The molecule has 0 radical (unpaired) electrons. The van der Waals surface area contributed by atoms with Gasteiger partial charge < -0.3 is 15.3 Å². The predicted molar refractivity (Wildman–Crippen MR) is 142 cm³/mol. The van der Waals surface area contributed by atoms with Crippen molar-refractivity contribution in [2.45, 2.75) is 117 Å². The van der Waals surface area contributed by atoms with Gasteiger partial charge in [-0.15, -0.1) is 0 Å². The summed E-state index contributed by atoms with van der Waals surface area (Å²) < 4.78 is 0. The molecular formula is C31H52O3. The summed E-state index contributed by atoms with van der Waals surface area (Å²) in [5.74, 6) is 2.62. The molecule has 0 aromatic carbocycles. The first-order chi connectivity index (χ1) is 16.0. The van der Waals surface area contributed by atoms with Crippen LogP contribution < -0.4 is 0 Å². The van der Waals surface area contributed by atoms with E-state index in [0.717, 1.165) is 31.6 Å². The zero-order valence-corrected chi connectivity index (χ0v) is 22.7. The van der Waals surface area contributed by atoms with Crippen molar-refractivity contribution in [1.82, 2.24) is 0 Å². The van der Waals surface area contributed by atoms with Gasteiger partial charge in [0.1, 0.15) is 0 Å². The molecule has 3 saturated carbocycles. The highest BCUT2D eigenvalue weighted by molar-refractivity contribution is 5.38. The maximum Gasteiger partial charge on any atom is 0.0614 e. The molecule has 3 aliphatic carbocycles. The molecule has 3 aliphatic rings. The van der Waals surface area contributed by atoms with Gasteiger partial charge in [0.2, 0.25) is 0 Å². The second kappa shape index (κ2) is 11.4. The minimum atomic E-state index is -0.552. The molecule has 3 fully saturated rings. The molecule has 0 aliphatic heterocycles. The highest BCUT2D eigenvalue weighted by Crippen LogP contribution is 2.60. The molecular weight excluding hydrogens is 420 g/mol. The topological polar surface area (TPSA) is 60.7 Å². The fourth-order valence-electron chi connectivity index (χ4n) is 7.82. The van der Waals surface area contributed by atoms with Crippen molar-refractivity contribution in [3.63, 3.8) is 0 Å². The van der Waals surface area contributed by atoms with Crippen molar-refractivity contribution in [2.24, 2.45) is 35.0 Å². The lowest BCUT2D eigenvalue weighted by Crippen LogP contribution is -2.36. The Labute approximate surface area is 209 Å². The number of allylic oxidation sites excluding steroid dienone is 4. The zero-order valence-electron chi connectivity index (χ0n) is 22.7. The van der Waals surface area contributed by atoms with Crippen LogP contribution in [0.2, 0.25) is 0 Å². The number of fused-ring (bicyclic) bond motifs is 1. The summed E-state index contributed by atoms with van der Waals surface area (Å²) in [6.45, 7) is 15.6. The van der Waals surface area contributed by atoms with Crippen LogP contribution in [0, 0.1) is 35.0 Å². The zero-order chi connectivity index (χ0) is 25.1. The largest absolute Gasteiger partial charge is 0.396 e. The Kier molecular flexibility index (Phi) is 9.31. The molecule has 7 atom stereocenters. The molecule has 3 rings (SSSR count). The molecule has 3 nitrogen and oxygen atoms in total. The summed E-state index contributed by atoms with van der Waals surface area (Å²) >= 11 is 0. The van der Waals surface area contributed by atoms with Crippen molar-refractivity contribution in [3.05, 3.63) is 35.5 Å². The standard InChI is InChI=1S/C31H52O3/c1-21(10-7-17-30(4,5)34)27-15-16-28-24(11-8-18-31(27,28)6)13-14-25-20-29(33)26(12-9-19-32)23(3)22(25)2/h13-14,21,23,26-29,32-34H,2,7-12,15-20H2,1,3-6H3/b24-13+,25-14-/t21-,23+,26-,27-,28+,29-,31-/m1/s1. The molecule has 0 unspecified atom stereocenters. The summed E-state index contributed by atoms with van der Waals surface area (Å²) in [6.07, 6.45) is 16.3. The van der Waals surface area contributed by atoms with E-state index in [1.165, 1.54) is 49.7 Å². The minimum Gasteiger partial charge on any atom is -0.396 e. The predicted octanol–water partition coefficient (Wildman–Crippen LogP) is 6.98. The molecule has 0 aromatic heterocycles. The van der Waals surface area contributed by atoms with Gasteiger partial charge in [0.25, 0.3) is 0 Å². The van der Waals surface area contributed by atoms with Crippen LogP contribution in [0.4, 0.5) is 0 Å². The Hall–Kier alpha value is -0.900. The average molecular weight is 473 g/mol. The second-order valence-corrected chi connectivity index (χ2v) is 12.8. The quantitative estimate of drug-likeness (QED) is 0.339. The van der Waals surface area contributed by atoms with Gasteiger partial charge in [-0.1, -0.05) is 57.9 Å². The number of rotatable bonds is 9. The molecule has 0 aromatic rings. The van der Waals surface area contributed by atoms with Crippen molar-refractivity contribution >= 4 is 0 Å². The summed E-state index contributed by atoms with van der Waals surface area (Å²) in [4.78, 5) is 0. The first-order valence-corrected chi connectivity index (χ1v) is 14.1. The van der Waals surface area contributed by atoms with Crippen LogP contribution in [0.3, 0.4) is 0 Å². The van der Waals surface area contributed by atoms with E-state index >= 15 is 0 Å². The van der Waals surface area contributed by atoms with Gasteiger partial charge in [0.15, 0.2) is 0 Å². The van der Waals surface area contributed by atoms with Crippen LogP contribution in [0.5, 0.6) is 0 Å². The van der Waals surface area contributed by atoms with Crippen molar-refractivity contribution < 1.29 is 15.3 Å². The van der Waals surface area contributed by atoms with Gasteiger partial charge in [0, 0.05) is 6.61 Å². The summed E-state index contributed by atoms with van der Waals surface area (Å²) in [5.41, 5.74) is 3.85. The molecule has 3 heteroatoms. The Bertz CT molecular complexity index is 757. The van der Waals surface area contributed by atoms with E-state index < -0.39 is 5.60 Å². The van der Waals surface area contributed by atoms with Gasteiger partial charge in [-0.25, -0.2) is 0 Å². The fraction of sp³-hybridized carbons (Fsp3) is 0.806. The average Bonchev–Trinajstić information content (AvgIpc) is 3.12. The van der Waals surface area contributed by atoms with Gasteiger partial charge in [-0.05, 0) is 118 Å². The normalized spacial score (nSPS) is 37.9. The Morgan fingerprint density at radius 1 is 1.21 bits per heavy atom. The maximum absolute atomic E-state index is 10.8. The van der Waals surface area contributed by atoms with Crippen LogP contribution in [0.25, 0.3) is 0 Å². The minimum absolute atomic E-state index is 0.191. The third kappa shape index (κ3) is 6.26. The lowest BCUT2D eigenvalue weighted by atomic mass is 9.60. The number of hydrogen-bond acceptors (Lipinski definition) is 3. The van der Waals surface area contributed by atoms with Crippen molar-refractivity contribution in [3.8, 4) is 0 Å². The van der Waals surface area contributed by atoms with Crippen LogP contribution in [-0.2, 0) is 0 Å². The second-order valence-electron chi connectivity index (χ2n) is 12.8. The monoisotopic (exact) mass is 472 g/mol. The van der Waals surface area contributed by atoms with Gasteiger partial charge >= 0.3 is 0 Å². The third-order valence-corrected chi connectivity index (χ3v) is 9.89. The number of aliphatic hydroxyl groups excluding tert-OH is 2. The lowest BCUT2D eigenvalue weighted by molar-refractivity contribution is 0.0596. The van der Waals surface area contributed by atoms with Gasteiger partial charge in [-0.3, -0.25) is 0 Å². The first-order valence-electron chi connectivity index (χ1n) is 14.1. The van der Waals surface area contributed by atoms with Crippen molar-refractivity contribution in [2.75, 3.05) is 6.61 Å². The SMILES string of the molecule is C=C1/C(=C\C=C2/CCC[C@]3(C)[C@@H]([C@H](C)CCCC(C)(C)O)CC[C@@H]23)C[C@@H](O)[C@H](CCCO)[C@H]1C. The Balaban J connectivity index is 1.69. The summed E-state index contributed by atoms with van der Waals surface area (Å²) in [6, 6.07) is 0. The molecule has 0 amide bonds. The first kappa shape index (κ1) is 27.7. The van der Waals surface area contributed by atoms with E-state index in [9.17, 15) is 15.3 Å². The lowest BCUT2D eigenvalue weighted by Gasteiger charge is -2.44. The van der Waals surface area contributed by atoms with Crippen LogP contribution >= 0.6 is 0 Å². The molecule has 0 bridgehead atoms. The van der Waals surface area contributed by atoms with Gasteiger partial charge in [0.05, 0.1) is 11.7 Å². The highest BCUT2D eigenvalue weighted by atomic mass is 16.3. The molecule has 194 valence electrons. The Morgan fingerprint density at radius 3 is 2.62 bits per heavy atom. The molecule has 0 heterocycles. The Morgan fingerprint density at radius 2 is 1.94 bits per heavy atom. The molecule has 3 N–H and O–H groups in total. The molecule has 0 saturated heterocycles. The maximum atomic E-state index is 10.8. The van der Waals surface area contributed by atoms with Crippen molar-refractivity contribution in [1.29, 1.82) is 0 Å². The van der Waals surface area contributed by atoms with Gasteiger partial charge in [-0.2, -0.15) is 0 Å². The van der Waals surface area contributed by atoms with Crippen LogP contribution in [-0.4, -0.2) is 33.6 Å². The van der Waals surface area contributed by atoms with E-state index in [-0.39, 0.29) is 24.5 Å². The van der Waals surface area contributed by atoms with E-state index in [0.29, 0.717) is 23.7 Å². The molecule has 34 heavy (non-hydrogen) atoms. The summed E-state index contributed by atoms with van der Waals surface area (Å²) in [5, 5.41) is 30.1. The van der Waals surface area contributed by atoms with E-state index in [1.807, 2.05) is 13.8 Å². The van der Waals surface area contributed by atoms with Crippen LogP contribution in [0.1, 0.15) is 105 Å². The molecule has 0 spiro atoms. The third-order valence-electron chi connectivity index (χ3n) is 9.89. The van der Waals surface area contributed by atoms with E-state index in [2.05, 4.69) is 39.5 Å². The fourth-order valence-corrected chi connectivity index (χ4v) is 7.82. The van der Waals surface area contributed by atoms with E-state index in [1.54, 1.807) is 5.57 Å². The number of aliphatic hydroxyl groups is 3.